The second-order valence-corrected chi connectivity index (χ2v) is 5.43. The molecule has 0 aliphatic rings. The average molecular weight is 380 g/mol. The highest BCUT2D eigenvalue weighted by molar-refractivity contribution is 6.36. The van der Waals surface area contributed by atoms with Crippen molar-refractivity contribution in [2.24, 2.45) is 0 Å². The Morgan fingerprint density at radius 2 is 2.00 bits per heavy atom. The van der Waals surface area contributed by atoms with Gasteiger partial charge in [-0.25, -0.2) is 9.78 Å². The molecular formula is C16H11Cl2N3O4. The molecule has 1 heterocycles. The van der Waals surface area contributed by atoms with Gasteiger partial charge in [0.2, 0.25) is 0 Å². The van der Waals surface area contributed by atoms with Crippen LogP contribution in [0.4, 0.5) is 5.82 Å². The number of nitrogens with one attached hydrogen (secondary N) is 1. The summed E-state index contributed by atoms with van der Waals surface area (Å²) in [7, 11) is 0. The molecule has 1 N–H and O–H groups in total. The molecule has 25 heavy (non-hydrogen) atoms. The fraction of sp³-hybridized carbons (Fsp3) is 0.125. The monoisotopic (exact) mass is 379 g/mol. The number of carbonyl (C=O) groups is 2. The molecule has 2 aromatic rings. The second kappa shape index (κ2) is 8.87. The number of aromatic nitrogens is 1. The number of carbonyl (C=O) groups excluding carboxylic acids is 2. The van der Waals surface area contributed by atoms with Crippen LogP contribution in [0.15, 0.2) is 36.5 Å². The number of hydrogen-bond acceptors (Lipinski definition) is 6. The molecule has 128 valence electrons. The van der Waals surface area contributed by atoms with Gasteiger partial charge in [-0.1, -0.05) is 35.3 Å². The van der Waals surface area contributed by atoms with Crippen LogP contribution in [0.5, 0.6) is 5.75 Å². The Hall–Kier alpha value is -2.82. The first-order chi connectivity index (χ1) is 12.0. The molecule has 2 rings (SSSR count). The summed E-state index contributed by atoms with van der Waals surface area (Å²) in [6.45, 7) is -0.978. The van der Waals surface area contributed by atoms with Gasteiger partial charge < -0.3 is 14.8 Å². The first kappa shape index (κ1) is 18.5. The minimum Gasteiger partial charge on any atom is -0.481 e. The van der Waals surface area contributed by atoms with Gasteiger partial charge in [0, 0.05) is 6.20 Å². The molecule has 0 radical (unpaired) electrons. The lowest BCUT2D eigenvalue weighted by atomic mass is 10.2. The number of nitriles is 1. The molecule has 0 saturated heterocycles. The lowest BCUT2D eigenvalue weighted by Crippen LogP contribution is -2.24. The highest BCUT2D eigenvalue weighted by Gasteiger charge is 2.12. The number of anilines is 1. The standard InChI is InChI=1S/C16H11Cl2N3O4/c17-11-5-12(18)16(20-7-11)21-14(22)8-25-15(23)9-24-13-4-2-1-3-10(13)6-19/h1-5,7H,8-9H2,(H,20,21,22). The summed E-state index contributed by atoms with van der Waals surface area (Å²) < 4.78 is 9.97. The Labute approximate surface area is 153 Å². The maximum atomic E-state index is 11.7. The Morgan fingerprint density at radius 1 is 1.24 bits per heavy atom. The zero-order valence-corrected chi connectivity index (χ0v) is 14.2. The van der Waals surface area contributed by atoms with E-state index in [2.05, 4.69) is 10.3 Å². The quantitative estimate of drug-likeness (QED) is 0.774. The molecule has 0 aliphatic heterocycles. The Kier molecular flexibility index (Phi) is 6.57. The Balaban J connectivity index is 1.79. The van der Waals surface area contributed by atoms with E-state index in [1.165, 1.54) is 12.3 Å². The van der Waals surface area contributed by atoms with E-state index in [1.807, 2.05) is 6.07 Å². The molecule has 1 amide bonds. The first-order valence-electron chi connectivity index (χ1n) is 6.88. The smallest absolute Gasteiger partial charge is 0.344 e. The van der Waals surface area contributed by atoms with Crippen molar-refractivity contribution in [2.45, 2.75) is 0 Å². The number of nitrogens with zero attached hydrogens (tertiary/aromatic N) is 2. The van der Waals surface area contributed by atoms with Crippen molar-refractivity contribution in [2.75, 3.05) is 18.5 Å². The van der Waals surface area contributed by atoms with Crippen molar-refractivity contribution in [3.05, 3.63) is 52.1 Å². The number of esters is 1. The molecule has 1 aromatic carbocycles. The number of ether oxygens (including phenoxy) is 2. The second-order valence-electron chi connectivity index (χ2n) is 4.59. The van der Waals surface area contributed by atoms with Crippen LogP contribution in [0.3, 0.4) is 0 Å². The minimum atomic E-state index is -0.766. The number of para-hydroxylation sites is 1. The van der Waals surface area contributed by atoms with Crippen molar-refractivity contribution in [1.82, 2.24) is 4.98 Å². The van der Waals surface area contributed by atoms with E-state index in [0.717, 1.165) is 0 Å². The van der Waals surface area contributed by atoms with Gasteiger partial charge in [-0.2, -0.15) is 5.26 Å². The van der Waals surface area contributed by atoms with E-state index >= 15 is 0 Å². The molecule has 0 unspecified atom stereocenters. The summed E-state index contributed by atoms with van der Waals surface area (Å²) >= 11 is 11.6. The summed E-state index contributed by atoms with van der Waals surface area (Å²) in [6.07, 6.45) is 1.32. The van der Waals surface area contributed by atoms with Crippen molar-refractivity contribution in [3.63, 3.8) is 0 Å². The fourth-order valence-electron chi connectivity index (χ4n) is 1.68. The van der Waals surface area contributed by atoms with E-state index in [9.17, 15) is 9.59 Å². The van der Waals surface area contributed by atoms with Gasteiger partial charge in [0.15, 0.2) is 19.0 Å². The van der Waals surface area contributed by atoms with Gasteiger partial charge in [0.1, 0.15) is 11.8 Å². The third kappa shape index (κ3) is 5.64. The third-order valence-corrected chi connectivity index (χ3v) is 3.28. The summed E-state index contributed by atoms with van der Waals surface area (Å²) in [4.78, 5) is 27.2. The summed E-state index contributed by atoms with van der Waals surface area (Å²) in [5, 5.41) is 11.8. The zero-order valence-electron chi connectivity index (χ0n) is 12.7. The lowest BCUT2D eigenvalue weighted by Gasteiger charge is -2.09. The van der Waals surface area contributed by atoms with E-state index in [1.54, 1.807) is 24.3 Å². The highest BCUT2D eigenvalue weighted by Crippen LogP contribution is 2.22. The molecule has 0 aliphatic carbocycles. The van der Waals surface area contributed by atoms with Crippen molar-refractivity contribution in [1.29, 1.82) is 5.26 Å². The van der Waals surface area contributed by atoms with Crippen LogP contribution in [0.25, 0.3) is 0 Å². The Bertz CT molecular complexity index is 836. The largest absolute Gasteiger partial charge is 0.481 e. The van der Waals surface area contributed by atoms with Crippen LogP contribution in [0, 0.1) is 11.3 Å². The van der Waals surface area contributed by atoms with Gasteiger partial charge in [-0.3, -0.25) is 4.79 Å². The van der Waals surface area contributed by atoms with Crippen LogP contribution in [0.1, 0.15) is 5.56 Å². The molecule has 9 heteroatoms. The van der Waals surface area contributed by atoms with Gasteiger partial charge >= 0.3 is 5.97 Å². The Morgan fingerprint density at radius 3 is 2.72 bits per heavy atom. The number of halogens is 2. The van der Waals surface area contributed by atoms with Crippen LogP contribution >= 0.6 is 23.2 Å². The number of pyridine rings is 1. The van der Waals surface area contributed by atoms with Crippen LogP contribution in [-0.2, 0) is 14.3 Å². The van der Waals surface area contributed by atoms with Gasteiger partial charge in [0.05, 0.1) is 15.6 Å². The molecule has 0 saturated carbocycles. The summed E-state index contributed by atoms with van der Waals surface area (Å²) in [5.74, 6) is -1.03. The number of amides is 1. The molecule has 0 fully saturated rings. The lowest BCUT2D eigenvalue weighted by molar-refractivity contribution is -0.149. The normalized spacial score (nSPS) is 9.80. The maximum Gasteiger partial charge on any atom is 0.344 e. The summed E-state index contributed by atoms with van der Waals surface area (Å²) in [5.41, 5.74) is 0.288. The number of rotatable bonds is 6. The van der Waals surface area contributed by atoms with Crippen LogP contribution in [-0.4, -0.2) is 30.1 Å². The van der Waals surface area contributed by atoms with Crippen molar-refractivity contribution < 1.29 is 19.1 Å². The van der Waals surface area contributed by atoms with E-state index in [4.69, 9.17) is 37.9 Å². The van der Waals surface area contributed by atoms with Crippen LogP contribution in [0.2, 0.25) is 10.0 Å². The van der Waals surface area contributed by atoms with Crippen molar-refractivity contribution in [3.8, 4) is 11.8 Å². The molecule has 7 nitrogen and oxygen atoms in total. The van der Waals surface area contributed by atoms with E-state index in [0.29, 0.717) is 5.02 Å². The molecule has 1 aromatic heterocycles. The highest BCUT2D eigenvalue weighted by atomic mass is 35.5. The number of hydrogen-bond donors (Lipinski definition) is 1. The molecular weight excluding hydrogens is 369 g/mol. The average Bonchev–Trinajstić information content (AvgIpc) is 2.60. The SMILES string of the molecule is N#Cc1ccccc1OCC(=O)OCC(=O)Nc1ncc(Cl)cc1Cl. The summed E-state index contributed by atoms with van der Waals surface area (Å²) in [6, 6.07) is 9.79. The molecule has 0 atom stereocenters. The number of benzene rings is 1. The minimum absolute atomic E-state index is 0.103. The van der Waals surface area contributed by atoms with Crippen LogP contribution < -0.4 is 10.1 Å². The van der Waals surface area contributed by atoms with E-state index in [-0.39, 0.29) is 22.2 Å². The first-order valence-corrected chi connectivity index (χ1v) is 7.63. The van der Waals surface area contributed by atoms with Gasteiger partial charge in [-0.15, -0.1) is 0 Å². The van der Waals surface area contributed by atoms with E-state index < -0.39 is 25.1 Å². The maximum absolute atomic E-state index is 11.7. The molecule has 0 spiro atoms. The van der Waals surface area contributed by atoms with Gasteiger partial charge in [-0.05, 0) is 18.2 Å². The van der Waals surface area contributed by atoms with Crippen molar-refractivity contribution >= 4 is 40.9 Å². The zero-order chi connectivity index (χ0) is 18.2. The van der Waals surface area contributed by atoms with Gasteiger partial charge in [0.25, 0.3) is 5.91 Å². The third-order valence-electron chi connectivity index (χ3n) is 2.78. The fourth-order valence-corrected chi connectivity index (χ4v) is 2.11. The predicted octanol–water partition coefficient (Wildman–Crippen LogP) is 2.82. The topological polar surface area (TPSA) is 101 Å². The predicted molar refractivity (Wildman–Crippen MR) is 90.5 cm³/mol. The molecule has 0 bridgehead atoms.